The molecule has 4 N–H and O–H groups in total. The van der Waals surface area contributed by atoms with E-state index < -0.39 is 0 Å². The maximum atomic E-state index is 12.3. The molecule has 0 aromatic carbocycles. The van der Waals surface area contributed by atoms with Crippen molar-refractivity contribution in [2.24, 2.45) is 0 Å². The summed E-state index contributed by atoms with van der Waals surface area (Å²) >= 11 is 0. The van der Waals surface area contributed by atoms with Gasteiger partial charge < -0.3 is 20.9 Å². The van der Waals surface area contributed by atoms with Gasteiger partial charge in [0.25, 0.3) is 0 Å². The third kappa shape index (κ3) is 5.62. The van der Waals surface area contributed by atoms with E-state index in [4.69, 9.17) is 5.41 Å². The van der Waals surface area contributed by atoms with Gasteiger partial charge in [-0.2, -0.15) is 0 Å². The standard InChI is InChI=1S/C24H33N7O/c1-2-31-11-9-19(10-12-31)26-16-18(14-25)17-13-22-21(27-15-17)7-8-23(29-22)30-24(32)28-20-5-3-4-6-20/h7-8,13-16,19-20,25-26H,2-6,9-12H2,1H3,(H2,28,29,30,32)/b18-16+,25-14?. The Labute approximate surface area is 189 Å². The molecule has 1 aliphatic carbocycles. The quantitative estimate of drug-likeness (QED) is 0.496. The van der Waals surface area contributed by atoms with E-state index in [-0.39, 0.29) is 12.1 Å². The number of nitrogens with zero attached hydrogens (tertiary/aromatic N) is 3. The molecule has 2 aliphatic rings. The van der Waals surface area contributed by atoms with Crippen LogP contribution < -0.4 is 16.0 Å². The first kappa shape index (κ1) is 22.2. The SMILES string of the molecule is CCN1CCC(N/C=C(\C=N)c2cnc3ccc(NC(=O)NC4CCCC4)nc3c2)CC1. The topological polar surface area (TPSA) is 106 Å². The highest BCUT2D eigenvalue weighted by atomic mass is 16.2. The molecule has 0 atom stereocenters. The number of amides is 2. The van der Waals surface area contributed by atoms with Gasteiger partial charge in [-0.25, -0.2) is 9.78 Å². The Morgan fingerprint density at radius 3 is 2.66 bits per heavy atom. The van der Waals surface area contributed by atoms with Crippen LogP contribution in [0.15, 0.2) is 30.6 Å². The first-order valence-electron chi connectivity index (χ1n) is 11.7. The molecule has 1 aliphatic heterocycles. The minimum absolute atomic E-state index is 0.216. The summed E-state index contributed by atoms with van der Waals surface area (Å²) in [5, 5.41) is 17.2. The number of urea groups is 1. The first-order valence-corrected chi connectivity index (χ1v) is 11.7. The molecule has 1 saturated carbocycles. The second kappa shape index (κ2) is 10.5. The maximum absolute atomic E-state index is 12.3. The summed E-state index contributed by atoms with van der Waals surface area (Å²) in [6.07, 6.45) is 11.6. The molecule has 2 amide bonds. The average molecular weight is 436 g/mol. The Morgan fingerprint density at radius 2 is 1.94 bits per heavy atom. The highest BCUT2D eigenvalue weighted by molar-refractivity contribution is 6.08. The summed E-state index contributed by atoms with van der Waals surface area (Å²) < 4.78 is 0. The molecular weight excluding hydrogens is 402 g/mol. The Bertz CT molecular complexity index is 975. The van der Waals surface area contributed by atoms with Crippen LogP contribution in [0.3, 0.4) is 0 Å². The molecule has 0 unspecified atom stereocenters. The largest absolute Gasteiger partial charge is 0.388 e. The number of fused-ring (bicyclic) bond motifs is 1. The monoisotopic (exact) mass is 435 g/mol. The van der Waals surface area contributed by atoms with Gasteiger partial charge in [-0.3, -0.25) is 10.3 Å². The molecule has 0 bridgehead atoms. The van der Waals surface area contributed by atoms with Gasteiger partial charge in [0.2, 0.25) is 0 Å². The van der Waals surface area contributed by atoms with Crippen LogP contribution in [0.2, 0.25) is 0 Å². The number of likely N-dealkylation sites (tertiary alicyclic amines) is 1. The lowest BCUT2D eigenvalue weighted by atomic mass is 10.0. The van der Waals surface area contributed by atoms with Crippen molar-refractivity contribution in [3.63, 3.8) is 0 Å². The van der Waals surface area contributed by atoms with Crippen molar-refractivity contribution in [3.05, 3.63) is 36.2 Å². The van der Waals surface area contributed by atoms with Crippen molar-refractivity contribution in [2.75, 3.05) is 25.0 Å². The Balaban J connectivity index is 1.43. The predicted octanol–water partition coefficient (Wildman–Crippen LogP) is 3.76. The van der Waals surface area contributed by atoms with Crippen LogP contribution in [-0.4, -0.2) is 58.8 Å². The van der Waals surface area contributed by atoms with Crippen LogP contribution in [0.4, 0.5) is 10.6 Å². The summed E-state index contributed by atoms with van der Waals surface area (Å²) in [5.41, 5.74) is 3.02. The number of anilines is 1. The molecule has 2 aromatic heterocycles. The smallest absolute Gasteiger partial charge is 0.320 e. The Morgan fingerprint density at radius 1 is 1.16 bits per heavy atom. The van der Waals surface area contributed by atoms with Crippen molar-refractivity contribution < 1.29 is 4.79 Å². The van der Waals surface area contributed by atoms with Gasteiger partial charge in [0.15, 0.2) is 0 Å². The molecule has 0 spiro atoms. The molecule has 170 valence electrons. The zero-order chi connectivity index (χ0) is 22.3. The van der Waals surface area contributed by atoms with Gasteiger partial charge in [0.1, 0.15) is 5.82 Å². The first-order chi connectivity index (χ1) is 15.6. The van der Waals surface area contributed by atoms with Gasteiger partial charge in [0, 0.05) is 54.9 Å². The summed E-state index contributed by atoms with van der Waals surface area (Å²) in [6.45, 7) is 5.51. The van der Waals surface area contributed by atoms with Gasteiger partial charge in [-0.05, 0) is 50.4 Å². The van der Waals surface area contributed by atoms with Crippen molar-refractivity contribution in [1.82, 2.24) is 25.5 Å². The Hall–Kier alpha value is -3.00. The highest BCUT2D eigenvalue weighted by Crippen LogP contribution is 2.20. The van der Waals surface area contributed by atoms with E-state index >= 15 is 0 Å². The van der Waals surface area contributed by atoms with Crippen molar-refractivity contribution in [3.8, 4) is 0 Å². The lowest BCUT2D eigenvalue weighted by molar-refractivity contribution is 0.213. The number of hydrogen-bond acceptors (Lipinski definition) is 6. The van der Waals surface area contributed by atoms with Crippen molar-refractivity contribution in [1.29, 1.82) is 5.41 Å². The van der Waals surface area contributed by atoms with E-state index in [1.165, 1.54) is 19.1 Å². The predicted molar refractivity (Wildman–Crippen MR) is 129 cm³/mol. The van der Waals surface area contributed by atoms with Crippen molar-refractivity contribution >= 4 is 34.7 Å². The maximum Gasteiger partial charge on any atom is 0.320 e. The lowest BCUT2D eigenvalue weighted by Gasteiger charge is -2.31. The normalized spacial score (nSPS) is 18.6. The van der Waals surface area contributed by atoms with Crippen LogP contribution in [-0.2, 0) is 0 Å². The van der Waals surface area contributed by atoms with Crippen molar-refractivity contribution in [2.45, 2.75) is 57.5 Å². The average Bonchev–Trinajstić information content (AvgIpc) is 3.32. The van der Waals surface area contributed by atoms with E-state index in [1.54, 1.807) is 12.3 Å². The number of aromatic nitrogens is 2. The molecule has 1 saturated heterocycles. The molecule has 4 rings (SSSR count). The molecule has 0 radical (unpaired) electrons. The second-order valence-corrected chi connectivity index (χ2v) is 8.66. The van der Waals surface area contributed by atoms with E-state index in [9.17, 15) is 4.79 Å². The van der Waals surface area contributed by atoms with Gasteiger partial charge >= 0.3 is 6.03 Å². The molecule has 8 nitrogen and oxygen atoms in total. The molecule has 2 fully saturated rings. The number of pyridine rings is 2. The number of rotatable bonds is 7. The minimum Gasteiger partial charge on any atom is -0.388 e. The number of nitrogens with one attached hydrogen (secondary N) is 4. The number of allylic oxidation sites excluding steroid dienone is 1. The van der Waals surface area contributed by atoms with Gasteiger partial charge in [-0.15, -0.1) is 0 Å². The summed E-state index contributed by atoms with van der Waals surface area (Å²) in [5.74, 6) is 0.494. The third-order valence-corrected chi connectivity index (χ3v) is 6.47. The van der Waals surface area contributed by atoms with Crippen LogP contribution in [0, 0.1) is 5.41 Å². The second-order valence-electron chi connectivity index (χ2n) is 8.66. The Kier molecular flexibility index (Phi) is 7.32. The van der Waals surface area contributed by atoms with Gasteiger partial charge in [0.05, 0.1) is 11.0 Å². The summed E-state index contributed by atoms with van der Waals surface area (Å²) in [4.78, 5) is 23.8. The van der Waals surface area contributed by atoms with Crippen LogP contribution in [0.25, 0.3) is 16.6 Å². The zero-order valence-corrected chi connectivity index (χ0v) is 18.7. The third-order valence-electron chi connectivity index (χ3n) is 6.47. The minimum atomic E-state index is -0.216. The molecule has 2 aromatic rings. The van der Waals surface area contributed by atoms with E-state index in [0.717, 1.165) is 62.0 Å². The fourth-order valence-electron chi connectivity index (χ4n) is 4.47. The number of piperidine rings is 1. The number of carbonyl (C=O) groups excluding carboxylic acids is 1. The molecular formula is C24H33N7O. The number of carbonyl (C=O) groups is 1. The molecule has 3 heterocycles. The fraction of sp³-hybridized carbons (Fsp3) is 0.500. The van der Waals surface area contributed by atoms with E-state index in [1.807, 2.05) is 18.3 Å². The summed E-state index contributed by atoms with van der Waals surface area (Å²) in [6, 6.07) is 6.00. The van der Waals surface area contributed by atoms with Crippen LogP contribution >= 0.6 is 0 Å². The number of hydrogen-bond donors (Lipinski definition) is 4. The molecule has 8 heteroatoms. The summed E-state index contributed by atoms with van der Waals surface area (Å²) in [7, 11) is 0. The van der Waals surface area contributed by atoms with E-state index in [2.05, 4.69) is 37.7 Å². The zero-order valence-electron chi connectivity index (χ0n) is 18.7. The van der Waals surface area contributed by atoms with Crippen LogP contribution in [0.1, 0.15) is 51.0 Å². The molecule has 32 heavy (non-hydrogen) atoms. The lowest BCUT2D eigenvalue weighted by Crippen LogP contribution is -2.40. The fourth-order valence-corrected chi connectivity index (χ4v) is 4.47. The van der Waals surface area contributed by atoms with E-state index in [0.29, 0.717) is 17.4 Å². The van der Waals surface area contributed by atoms with Crippen LogP contribution in [0.5, 0.6) is 0 Å². The van der Waals surface area contributed by atoms with Gasteiger partial charge in [-0.1, -0.05) is 19.8 Å². The highest BCUT2D eigenvalue weighted by Gasteiger charge is 2.18.